The highest BCUT2D eigenvalue weighted by molar-refractivity contribution is 8.00. The highest BCUT2D eigenvalue weighted by atomic mass is 32.2. The van der Waals surface area contributed by atoms with Gasteiger partial charge in [0.05, 0.1) is 13.2 Å². The monoisotopic (exact) mass is 422 g/mol. The lowest BCUT2D eigenvalue weighted by Gasteiger charge is -2.30. The highest BCUT2D eigenvalue weighted by Gasteiger charge is 2.30. The lowest BCUT2D eigenvalue weighted by molar-refractivity contribution is -0.134. The van der Waals surface area contributed by atoms with E-state index in [9.17, 15) is 4.79 Å². The maximum absolute atomic E-state index is 13.4. The van der Waals surface area contributed by atoms with Crippen LogP contribution in [0.3, 0.4) is 0 Å². The van der Waals surface area contributed by atoms with Crippen molar-refractivity contribution in [3.05, 3.63) is 77.6 Å². The molecule has 7 heteroatoms. The van der Waals surface area contributed by atoms with Crippen LogP contribution in [0.4, 0.5) is 0 Å². The molecule has 1 saturated heterocycles. The topological polar surface area (TPSA) is 60.2 Å². The number of rotatable bonds is 7. The van der Waals surface area contributed by atoms with Gasteiger partial charge in [-0.1, -0.05) is 72.4 Å². The number of thioether (sulfide) groups is 1. The minimum Gasteiger partial charge on any atom is -0.378 e. The highest BCUT2D eigenvalue weighted by Crippen LogP contribution is 2.36. The molecule has 30 heavy (non-hydrogen) atoms. The molecule has 0 N–H and O–H groups in total. The standard InChI is InChI=1S/C23H26N4O2S/c1-2-27-20(17-18-9-5-3-6-10-18)24-25-23(27)30-21(19-11-7-4-8-12-19)22(28)26-13-15-29-16-14-26/h3-12,21H,2,13-17H2,1H3. The summed E-state index contributed by atoms with van der Waals surface area (Å²) in [6, 6.07) is 20.2. The average molecular weight is 423 g/mol. The van der Waals surface area contributed by atoms with Gasteiger partial charge in [-0.3, -0.25) is 4.79 Å². The molecule has 156 valence electrons. The summed E-state index contributed by atoms with van der Waals surface area (Å²) in [5.41, 5.74) is 2.18. The van der Waals surface area contributed by atoms with E-state index in [-0.39, 0.29) is 11.2 Å². The fraction of sp³-hybridized carbons (Fsp3) is 0.348. The predicted octanol–water partition coefficient (Wildman–Crippen LogP) is 3.58. The largest absolute Gasteiger partial charge is 0.378 e. The summed E-state index contributed by atoms with van der Waals surface area (Å²) in [6.07, 6.45) is 0.718. The van der Waals surface area contributed by atoms with E-state index in [4.69, 9.17) is 4.74 Å². The van der Waals surface area contributed by atoms with Gasteiger partial charge in [0.2, 0.25) is 5.91 Å². The number of benzene rings is 2. The Morgan fingerprint density at radius 3 is 2.37 bits per heavy atom. The molecule has 0 radical (unpaired) electrons. The van der Waals surface area contributed by atoms with Gasteiger partial charge in [-0.2, -0.15) is 0 Å². The molecular formula is C23H26N4O2S. The molecule has 1 aromatic heterocycles. The van der Waals surface area contributed by atoms with Crippen LogP contribution >= 0.6 is 11.8 Å². The lowest BCUT2D eigenvalue weighted by Crippen LogP contribution is -2.42. The third kappa shape index (κ3) is 4.74. The van der Waals surface area contributed by atoms with Crippen molar-refractivity contribution < 1.29 is 9.53 Å². The van der Waals surface area contributed by atoms with Crippen molar-refractivity contribution in [2.75, 3.05) is 26.3 Å². The third-order valence-electron chi connectivity index (χ3n) is 5.19. The fourth-order valence-electron chi connectivity index (χ4n) is 3.58. The van der Waals surface area contributed by atoms with E-state index in [1.807, 2.05) is 53.4 Å². The molecule has 3 aromatic rings. The molecule has 1 fully saturated rings. The Labute approximate surface area is 181 Å². The van der Waals surface area contributed by atoms with Gasteiger partial charge in [-0.15, -0.1) is 10.2 Å². The zero-order chi connectivity index (χ0) is 20.8. The molecule has 2 heterocycles. The SMILES string of the molecule is CCn1c(Cc2ccccc2)nnc1SC(C(=O)N1CCOCC1)c1ccccc1. The quantitative estimate of drug-likeness (QED) is 0.545. The molecule has 4 rings (SSSR count). The van der Waals surface area contributed by atoms with Gasteiger partial charge in [0.25, 0.3) is 0 Å². The van der Waals surface area contributed by atoms with Crippen molar-refractivity contribution in [3.63, 3.8) is 0 Å². The van der Waals surface area contributed by atoms with Crippen molar-refractivity contribution in [1.29, 1.82) is 0 Å². The van der Waals surface area contributed by atoms with E-state index >= 15 is 0 Å². The molecule has 0 aliphatic carbocycles. The second-order valence-corrected chi connectivity index (χ2v) is 8.22. The van der Waals surface area contributed by atoms with Crippen LogP contribution in [0, 0.1) is 0 Å². The molecule has 1 atom stereocenters. The Hall–Kier alpha value is -2.64. The number of ether oxygens (including phenoxy) is 1. The maximum atomic E-state index is 13.4. The minimum absolute atomic E-state index is 0.102. The van der Waals surface area contributed by atoms with Crippen molar-refractivity contribution in [1.82, 2.24) is 19.7 Å². The molecule has 1 aliphatic heterocycles. The summed E-state index contributed by atoms with van der Waals surface area (Å²) < 4.78 is 7.53. The van der Waals surface area contributed by atoms with Crippen LogP contribution in [0.1, 0.15) is 29.1 Å². The summed E-state index contributed by atoms with van der Waals surface area (Å²) in [5, 5.41) is 9.32. The lowest BCUT2D eigenvalue weighted by atomic mass is 10.1. The molecule has 1 amide bonds. The van der Waals surface area contributed by atoms with Crippen LogP contribution in [0.15, 0.2) is 65.8 Å². The number of amides is 1. The van der Waals surface area contributed by atoms with Gasteiger partial charge < -0.3 is 14.2 Å². The molecule has 0 spiro atoms. The van der Waals surface area contributed by atoms with E-state index in [0.717, 1.165) is 29.5 Å². The summed E-state index contributed by atoms with van der Waals surface area (Å²) >= 11 is 1.48. The number of nitrogens with zero attached hydrogens (tertiary/aromatic N) is 4. The Morgan fingerprint density at radius 2 is 1.70 bits per heavy atom. The normalized spacial score (nSPS) is 15.2. The Kier molecular flexibility index (Phi) is 6.81. The molecule has 0 saturated carbocycles. The van der Waals surface area contributed by atoms with Gasteiger partial charge in [0.15, 0.2) is 5.16 Å². The number of carbonyl (C=O) groups excluding carboxylic acids is 1. The number of aromatic nitrogens is 3. The van der Waals surface area contributed by atoms with Crippen LogP contribution in [0.5, 0.6) is 0 Å². The predicted molar refractivity (Wildman–Crippen MR) is 117 cm³/mol. The van der Waals surface area contributed by atoms with Crippen molar-refractivity contribution in [2.45, 2.75) is 30.3 Å². The second kappa shape index (κ2) is 9.91. The summed E-state index contributed by atoms with van der Waals surface area (Å²) in [5.74, 6) is 1.02. The number of carbonyl (C=O) groups is 1. The molecule has 0 bridgehead atoms. The van der Waals surface area contributed by atoms with E-state index in [1.165, 1.54) is 17.3 Å². The first-order valence-corrected chi connectivity index (χ1v) is 11.2. The van der Waals surface area contributed by atoms with E-state index in [0.29, 0.717) is 26.3 Å². The Balaban J connectivity index is 1.60. The number of morpholine rings is 1. The van der Waals surface area contributed by atoms with Crippen LogP contribution in [-0.4, -0.2) is 51.9 Å². The zero-order valence-corrected chi connectivity index (χ0v) is 17.9. The van der Waals surface area contributed by atoms with Crippen LogP contribution in [-0.2, 0) is 22.5 Å². The third-order valence-corrected chi connectivity index (χ3v) is 6.41. The summed E-state index contributed by atoms with van der Waals surface area (Å²) in [4.78, 5) is 15.3. The van der Waals surface area contributed by atoms with Crippen molar-refractivity contribution >= 4 is 17.7 Å². The molecule has 1 aliphatic rings. The first kappa shape index (κ1) is 20.6. The second-order valence-electron chi connectivity index (χ2n) is 7.15. The number of hydrogen-bond donors (Lipinski definition) is 0. The van der Waals surface area contributed by atoms with Crippen LogP contribution < -0.4 is 0 Å². The van der Waals surface area contributed by atoms with Crippen molar-refractivity contribution in [3.8, 4) is 0 Å². The smallest absolute Gasteiger partial charge is 0.240 e. The zero-order valence-electron chi connectivity index (χ0n) is 17.1. The number of hydrogen-bond acceptors (Lipinski definition) is 5. The molecule has 2 aromatic carbocycles. The van der Waals surface area contributed by atoms with Gasteiger partial charge in [-0.25, -0.2) is 0 Å². The van der Waals surface area contributed by atoms with Gasteiger partial charge in [0.1, 0.15) is 11.1 Å². The minimum atomic E-state index is -0.358. The first-order valence-electron chi connectivity index (χ1n) is 10.3. The Morgan fingerprint density at radius 1 is 1.03 bits per heavy atom. The van der Waals surface area contributed by atoms with E-state index in [1.54, 1.807) is 0 Å². The summed E-state index contributed by atoms with van der Waals surface area (Å²) in [6.45, 7) is 5.27. The molecule has 1 unspecified atom stereocenters. The summed E-state index contributed by atoms with van der Waals surface area (Å²) in [7, 11) is 0. The fourth-order valence-corrected chi connectivity index (χ4v) is 4.78. The van der Waals surface area contributed by atoms with Crippen LogP contribution in [0.25, 0.3) is 0 Å². The molecular weight excluding hydrogens is 396 g/mol. The van der Waals surface area contributed by atoms with Crippen molar-refractivity contribution in [2.24, 2.45) is 0 Å². The van der Waals surface area contributed by atoms with Gasteiger partial charge in [-0.05, 0) is 18.1 Å². The van der Waals surface area contributed by atoms with E-state index in [2.05, 4.69) is 33.8 Å². The average Bonchev–Trinajstić information content (AvgIpc) is 3.19. The Bertz CT molecular complexity index is 956. The maximum Gasteiger partial charge on any atom is 0.240 e. The van der Waals surface area contributed by atoms with Gasteiger partial charge in [0, 0.05) is 26.1 Å². The van der Waals surface area contributed by atoms with Crippen LogP contribution in [0.2, 0.25) is 0 Å². The molecule has 6 nitrogen and oxygen atoms in total. The first-order chi connectivity index (χ1) is 14.8. The van der Waals surface area contributed by atoms with Gasteiger partial charge >= 0.3 is 0 Å². The van der Waals surface area contributed by atoms with E-state index < -0.39 is 0 Å².